The molecular formula is C34H41F3N6O2Si. The second-order valence-electron chi connectivity index (χ2n) is 12.6. The van der Waals surface area contributed by atoms with Gasteiger partial charge >= 0.3 is 12.2 Å². The van der Waals surface area contributed by atoms with Crippen molar-refractivity contribution in [3.8, 4) is 16.9 Å². The summed E-state index contributed by atoms with van der Waals surface area (Å²) in [6, 6.07) is 16.4. The zero-order chi connectivity index (χ0) is 33.4. The Labute approximate surface area is 269 Å². The maximum atomic E-state index is 14.1. The standard InChI is InChI=1S/C34H41F3N6O2Si/c1-22(2)46(23(3)4,24(5)6)41-17-16-26(19-41)25-8-10-29(11-9-25)43-31-27(18-38-32(40-31)39-21-34(35,36)37)20-42(33(43)44)28-12-14-30(45-7)15-13-28/h8-19,22-24H,20-21H2,1-7H3,(H,38,39,40). The third-order valence-electron chi connectivity index (χ3n) is 9.01. The van der Waals surface area contributed by atoms with Crippen molar-refractivity contribution in [1.82, 2.24) is 14.2 Å². The fourth-order valence-corrected chi connectivity index (χ4v) is 13.6. The minimum Gasteiger partial charge on any atom is -0.497 e. The molecule has 8 nitrogen and oxygen atoms in total. The van der Waals surface area contributed by atoms with E-state index in [2.05, 4.69) is 79.5 Å². The number of carbonyl (C=O) groups excluding carboxylic acids is 1. The molecule has 0 atom stereocenters. The molecule has 12 heteroatoms. The number of amides is 2. The lowest BCUT2D eigenvalue weighted by atomic mass is 10.1. The predicted octanol–water partition coefficient (Wildman–Crippen LogP) is 9.23. The number of nitrogens with one attached hydrogen (secondary N) is 1. The SMILES string of the molecule is COc1ccc(N2Cc3cnc(NCC(F)(F)F)nc3N(c3ccc(-c4ccn([Si](C(C)C)(C(C)C)C(C)C)c4)cc3)C2=O)cc1. The van der Waals surface area contributed by atoms with Crippen LogP contribution in [0.25, 0.3) is 11.1 Å². The van der Waals surface area contributed by atoms with Gasteiger partial charge in [-0.3, -0.25) is 4.90 Å². The molecule has 5 rings (SSSR count). The second-order valence-corrected chi connectivity index (χ2v) is 18.4. The third kappa shape index (κ3) is 6.22. The number of fused-ring (bicyclic) bond motifs is 1. The van der Waals surface area contributed by atoms with Gasteiger partial charge in [-0.05, 0) is 76.4 Å². The van der Waals surface area contributed by atoms with Crippen LogP contribution in [0.2, 0.25) is 16.6 Å². The van der Waals surface area contributed by atoms with Gasteiger partial charge in [0.15, 0.2) is 14.1 Å². The summed E-state index contributed by atoms with van der Waals surface area (Å²) in [4.78, 5) is 25.6. The van der Waals surface area contributed by atoms with Crippen molar-refractivity contribution >= 4 is 37.4 Å². The van der Waals surface area contributed by atoms with Crippen molar-refractivity contribution in [3.63, 3.8) is 0 Å². The second kappa shape index (κ2) is 12.8. The van der Waals surface area contributed by atoms with E-state index < -0.39 is 27.0 Å². The fourth-order valence-electron chi connectivity index (χ4n) is 7.12. The quantitative estimate of drug-likeness (QED) is 0.173. The van der Waals surface area contributed by atoms with Crippen LogP contribution in [0.3, 0.4) is 0 Å². The Morgan fingerprint density at radius 2 is 1.50 bits per heavy atom. The van der Waals surface area contributed by atoms with E-state index in [9.17, 15) is 18.0 Å². The van der Waals surface area contributed by atoms with Crippen molar-refractivity contribution in [3.05, 3.63) is 78.8 Å². The highest BCUT2D eigenvalue weighted by Gasteiger charge is 2.45. The maximum Gasteiger partial charge on any atom is 0.405 e. The van der Waals surface area contributed by atoms with Gasteiger partial charge in [0.2, 0.25) is 5.95 Å². The summed E-state index contributed by atoms with van der Waals surface area (Å²) in [6.07, 6.45) is 1.47. The van der Waals surface area contributed by atoms with Gasteiger partial charge in [-0.25, -0.2) is 14.7 Å². The van der Waals surface area contributed by atoms with Gasteiger partial charge in [-0.1, -0.05) is 53.7 Å². The largest absolute Gasteiger partial charge is 0.497 e. The zero-order valence-corrected chi connectivity index (χ0v) is 28.3. The molecule has 0 fully saturated rings. The summed E-state index contributed by atoms with van der Waals surface area (Å²) < 4.78 is 46.6. The summed E-state index contributed by atoms with van der Waals surface area (Å²) in [5.74, 6) is 0.668. The Morgan fingerprint density at radius 1 is 0.891 bits per heavy atom. The van der Waals surface area contributed by atoms with Crippen LogP contribution in [0.15, 0.2) is 73.2 Å². The lowest BCUT2D eigenvalue weighted by Gasteiger charge is -2.44. The number of nitrogens with zero attached hydrogens (tertiary/aromatic N) is 5. The van der Waals surface area contributed by atoms with Crippen LogP contribution in [-0.2, 0) is 6.54 Å². The number of benzene rings is 2. The van der Waals surface area contributed by atoms with Gasteiger partial charge in [0, 0.05) is 23.6 Å². The first-order valence-electron chi connectivity index (χ1n) is 15.5. The van der Waals surface area contributed by atoms with E-state index in [0.717, 1.165) is 11.1 Å². The number of ether oxygens (including phenoxy) is 1. The van der Waals surface area contributed by atoms with Gasteiger partial charge in [0.05, 0.1) is 19.3 Å². The smallest absolute Gasteiger partial charge is 0.405 e. The number of methoxy groups -OCH3 is 1. The third-order valence-corrected chi connectivity index (χ3v) is 15.7. The molecule has 0 bridgehead atoms. The average molecular weight is 651 g/mol. The van der Waals surface area contributed by atoms with E-state index in [4.69, 9.17) is 4.74 Å². The summed E-state index contributed by atoms with van der Waals surface area (Å²) >= 11 is 0. The van der Waals surface area contributed by atoms with E-state index >= 15 is 0 Å². The number of urea groups is 1. The first-order chi connectivity index (χ1) is 21.8. The molecule has 1 N–H and O–H groups in total. The van der Waals surface area contributed by atoms with Crippen LogP contribution in [0.4, 0.5) is 41.1 Å². The zero-order valence-electron chi connectivity index (χ0n) is 27.3. The van der Waals surface area contributed by atoms with Crippen LogP contribution < -0.4 is 19.9 Å². The van der Waals surface area contributed by atoms with E-state index in [0.29, 0.717) is 39.3 Å². The number of carbonyl (C=O) groups is 1. The Balaban J connectivity index is 1.52. The minimum absolute atomic E-state index is 0.148. The summed E-state index contributed by atoms with van der Waals surface area (Å²) in [6.45, 7) is 12.8. The molecular weight excluding hydrogens is 609 g/mol. The lowest BCUT2D eigenvalue weighted by Crippen LogP contribution is -2.51. The molecule has 0 saturated heterocycles. The highest BCUT2D eigenvalue weighted by molar-refractivity contribution is 6.82. The molecule has 4 aromatic rings. The highest BCUT2D eigenvalue weighted by atomic mass is 28.3. The van der Waals surface area contributed by atoms with Crippen molar-refractivity contribution in [1.29, 1.82) is 0 Å². The first-order valence-corrected chi connectivity index (χ1v) is 17.6. The van der Waals surface area contributed by atoms with E-state index in [1.807, 2.05) is 24.3 Å². The molecule has 0 saturated carbocycles. The van der Waals surface area contributed by atoms with Gasteiger partial charge in [0.25, 0.3) is 0 Å². The number of hydrogen-bond acceptors (Lipinski definition) is 5. The number of anilines is 4. The lowest BCUT2D eigenvalue weighted by molar-refractivity contribution is -0.115. The summed E-state index contributed by atoms with van der Waals surface area (Å²) in [7, 11) is -0.347. The van der Waals surface area contributed by atoms with Gasteiger partial charge in [-0.2, -0.15) is 18.2 Å². The maximum absolute atomic E-state index is 14.1. The van der Waals surface area contributed by atoms with Crippen LogP contribution in [0.1, 0.15) is 47.1 Å². The Kier molecular flexibility index (Phi) is 9.21. The van der Waals surface area contributed by atoms with Crippen molar-refractivity contribution in [2.75, 3.05) is 28.8 Å². The Morgan fingerprint density at radius 3 is 2.07 bits per heavy atom. The molecule has 2 aromatic carbocycles. The number of hydrogen-bond donors (Lipinski definition) is 1. The van der Waals surface area contributed by atoms with Gasteiger partial charge < -0.3 is 14.3 Å². The van der Waals surface area contributed by atoms with E-state index in [-0.39, 0.29) is 18.3 Å². The molecule has 46 heavy (non-hydrogen) atoms. The topological polar surface area (TPSA) is 75.5 Å². The number of aromatic nitrogens is 3. The van der Waals surface area contributed by atoms with Crippen molar-refractivity contribution < 1.29 is 22.7 Å². The molecule has 244 valence electrons. The van der Waals surface area contributed by atoms with Gasteiger partial charge in [-0.15, -0.1) is 0 Å². The number of alkyl halides is 3. The number of rotatable bonds is 10. The van der Waals surface area contributed by atoms with Crippen molar-refractivity contribution in [2.24, 2.45) is 0 Å². The summed E-state index contributed by atoms with van der Waals surface area (Å²) in [5, 5.41) is 2.23. The molecule has 0 spiro atoms. The highest BCUT2D eigenvalue weighted by Crippen LogP contribution is 2.43. The van der Waals surface area contributed by atoms with E-state index in [1.165, 1.54) is 11.1 Å². The molecule has 0 aliphatic carbocycles. The summed E-state index contributed by atoms with van der Waals surface area (Å²) in [5.41, 5.74) is 5.47. The van der Waals surface area contributed by atoms with Crippen molar-refractivity contribution in [2.45, 2.75) is 70.9 Å². The van der Waals surface area contributed by atoms with Crippen LogP contribution in [0.5, 0.6) is 5.75 Å². The molecule has 2 aromatic heterocycles. The molecule has 3 heterocycles. The molecule has 2 amide bonds. The minimum atomic E-state index is -4.45. The first kappa shape index (κ1) is 33.1. The monoisotopic (exact) mass is 650 g/mol. The fraction of sp³-hybridized carbons (Fsp3) is 0.382. The molecule has 0 unspecified atom stereocenters. The number of halogens is 3. The molecule has 1 aliphatic rings. The van der Waals surface area contributed by atoms with Crippen LogP contribution in [-0.4, -0.2) is 48.3 Å². The predicted molar refractivity (Wildman–Crippen MR) is 180 cm³/mol. The molecule has 0 radical (unpaired) electrons. The van der Waals surface area contributed by atoms with Gasteiger partial charge in [0.1, 0.15) is 12.3 Å². The average Bonchev–Trinajstić information content (AvgIpc) is 3.49. The van der Waals surface area contributed by atoms with Crippen LogP contribution in [0, 0.1) is 0 Å². The van der Waals surface area contributed by atoms with E-state index in [1.54, 1.807) is 36.3 Å². The Bertz CT molecular complexity index is 1650. The van der Waals surface area contributed by atoms with Crippen LogP contribution >= 0.6 is 0 Å². The normalized spacial score (nSPS) is 14.0. The Hall–Kier alpha value is -4.32. The molecule has 1 aliphatic heterocycles.